The molecule has 3 N–H and O–H groups in total. The SMILES string of the molecule is O=S(=O)(NCCCNCc1cccnc1)NCC(F)(F)F. The first-order valence-corrected chi connectivity index (χ1v) is 7.67. The van der Waals surface area contributed by atoms with Crippen LogP contribution in [0.25, 0.3) is 0 Å². The van der Waals surface area contributed by atoms with Gasteiger partial charge >= 0.3 is 6.18 Å². The molecule has 0 radical (unpaired) electrons. The molecule has 0 amide bonds. The Kier molecular flexibility index (Phi) is 7.02. The highest BCUT2D eigenvalue weighted by Crippen LogP contribution is 2.12. The average molecular weight is 326 g/mol. The van der Waals surface area contributed by atoms with Crippen LogP contribution in [0.5, 0.6) is 0 Å². The van der Waals surface area contributed by atoms with Crippen LogP contribution in [0.1, 0.15) is 12.0 Å². The van der Waals surface area contributed by atoms with E-state index in [0.29, 0.717) is 19.5 Å². The highest BCUT2D eigenvalue weighted by atomic mass is 32.2. The van der Waals surface area contributed by atoms with Crippen molar-refractivity contribution in [3.63, 3.8) is 0 Å². The number of pyridine rings is 1. The van der Waals surface area contributed by atoms with Crippen LogP contribution in [0.2, 0.25) is 0 Å². The van der Waals surface area contributed by atoms with Gasteiger partial charge < -0.3 is 5.32 Å². The number of aromatic nitrogens is 1. The summed E-state index contributed by atoms with van der Waals surface area (Å²) in [6.07, 6.45) is -0.754. The minimum absolute atomic E-state index is 0.0488. The summed E-state index contributed by atoms with van der Waals surface area (Å²) in [6, 6.07) is 3.70. The van der Waals surface area contributed by atoms with E-state index >= 15 is 0 Å². The number of rotatable bonds is 9. The molecule has 0 aliphatic carbocycles. The van der Waals surface area contributed by atoms with E-state index in [0.717, 1.165) is 5.56 Å². The predicted molar refractivity (Wildman–Crippen MR) is 71.5 cm³/mol. The quantitative estimate of drug-likeness (QED) is 0.579. The summed E-state index contributed by atoms with van der Waals surface area (Å²) in [6.45, 7) is -0.418. The van der Waals surface area contributed by atoms with Gasteiger partial charge in [0.15, 0.2) is 0 Å². The molecule has 120 valence electrons. The summed E-state index contributed by atoms with van der Waals surface area (Å²) in [5.74, 6) is 0. The third kappa shape index (κ3) is 9.34. The third-order valence-corrected chi connectivity index (χ3v) is 3.45. The zero-order chi connectivity index (χ0) is 15.8. The van der Waals surface area contributed by atoms with E-state index in [9.17, 15) is 21.6 Å². The van der Waals surface area contributed by atoms with Crippen LogP contribution in [0.15, 0.2) is 24.5 Å². The van der Waals surface area contributed by atoms with Gasteiger partial charge in [-0.15, -0.1) is 0 Å². The number of nitrogens with zero attached hydrogens (tertiary/aromatic N) is 1. The molecule has 1 heterocycles. The van der Waals surface area contributed by atoms with Crippen molar-refractivity contribution in [3.05, 3.63) is 30.1 Å². The first-order valence-electron chi connectivity index (χ1n) is 6.19. The molecular formula is C11H17F3N4O2S. The molecule has 0 fully saturated rings. The molecule has 1 aromatic rings. The highest BCUT2D eigenvalue weighted by molar-refractivity contribution is 7.87. The molecule has 0 spiro atoms. The molecular weight excluding hydrogens is 309 g/mol. The topological polar surface area (TPSA) is 83.1 Å². The van der Waals surface area contributed by atoms with Gasteiger partial charge in [-0.05, 0) is 24.6 Å². The summed E-state index contributed by atoms with van der Waals surface area (Å²) in [5.41, 5.74) is 0.991. The van der Waals surface area contributed by atoms with Crippen molar-refractivity contribution in [1.29, 1.82) is 0 Å². The maximum absolute atomic E-state index is 11.9. The van der Waals surface area contributed by atoms with Gasteiger partial charge in [0.25, 0.3) is 10.2 Å². The number of alkyl halides is 3. The minimum atomic E-state index is -4.57. The Bertz CT molecular complexity index is 508. The van der Waals surface area contributed by atoms with Crippen molar-refractivity contribution in [1.82, 2.24) is 19.7 Å². The molecule has 0 unspecified atom stereocenters. The fraction of sp³-hybridized carbons (Fsp3) is 0.545. The highest BCUT2D eigenvalue weighted by Gasteiger charge is 2.29. The van der Waals surface area contributed by atoms with Gasteiger partial charge in [0.2, 0.25) is 0 Å². The third-order valence-electron chi connectivity index (χ3n) is 2.34. The van der Waals surface area contributed by atoms with Crippen LogP contribution in [0, 0.1) is 0 Å². The zero-order valence-electron chi connectivity index (χ0n) is 11.2. The van der Waals surface area contributed by atoms with Crippen LogP contribution in [-0.4, -0.2) is 39.2 Å². The van der Waals surface area contributed by atoms with E-state index in [1.807, 2.05) is 10.8 Å². The van der Waals surface area contributed by atoms with E-state index < -0.39 is 22.9 Å². The van der Waals surface area contributed by atoms with Crippen LogP contribution >= 0.6 is 0 Å². The Morgan fingerprint density at radius 1 is 1.19 bits per heavy atom. The van der Waals surface area contributed by atoms with Crippen molar-refractivity contribution in [2.45, 2.75) is 19.1 Å². The molecule has 6 nitrogen and oxygen atoms in total. The Labute approximate surface area is 121 Å². The second-order valence-corrected chi connectivity index (χ2v) is 5.81. The number of nitrogens with one attached hydrogen (secondary N) is 3. The maximum atomic E-state index is 11.9. The Balaban J connectivity index is 2.10. The Morgan fingerprint density at radius 2 is 1.95 bits per heavy atom. The van der Waals surface area contributed by atoms with Crippen molar-refractivity contribution < 1.29 is 21.6 Å². The number of halogens is 3. The van der Waals surface area contributed by atoms with Crippen molar-refractivity contribution in [2.24, 2.45) is 0 Å². The molecule has 0 aliphatic rings. The fourth-order valence-corrected chi connectivity index (χ4v) is 2.25. The predicted octanol–water partition coefficient (Wildman–Crippen LogP) is 0.548. The molecule has 21 heavy (non-hydrogen) atoms. The summed E-state index contributed by atoms with van der Waals surface area (Å²) in [4.78, 5) is 3.94. The normalized spacial score (nSPS) is 12.5. The molecule has 0 bridgehead atoms. The lowest BCUT2D eigenvalue weighted by Gasteiger charge is -2.10. The standard InChI is InChI=1S/C11H17F3N4O2S/c12-11(13,14)9-18-21(19,20)17-6-2-5-16-8-10-3-1-4-15-7-10/h1,3-4,7,16-18H,2,5-6,8-9H2. The lowest BCUT2D eigenvalue weighted by Crippen LogP contribution is -2.42. The number of hydrogen-bond acceptors (Lipinski definition) is 4. The molecule has 0 aliphatic heterocycles. The van der Waals surface area contributed by atoms with E-state index in [2.05, 4.69) is 10.3 Å². The summed E-state index contributed by atoms with van der Waals surface area (Å²) in [5, 5.41) is 3.07. The maximum Gasteiger partial charge on any atom is 0.402 e. The van der Waals surface area contributed by atoms with Crippen LogP contribution in [0.4, 0.5) is 13.2 Å². The van der Waals surface area contributed by atoms with Crippen LogP contribution in [-0.2, 0) is 16.8 Å². The second-order valence-electron chi connectivity index (χ2n) is 4.23. The van der Waals surface area contributed by atoms with Crippen LogP contribution in [0.3, 0.4) is 0 Å². The van der Waals surface area contributed by atoms with Gasteiger partial charge in [-0.3, -0.25) is 4.98 Å². The van der Waals surface area contributed by atoms with Gasteiger partial charge in [0, 0.05) is 25.5 Å². The lowest BCUT2D eigenvalue weighted by molar-refractivity contribution is -0.121. The minimum Gasteiger partial charge on any atom is -0.313 e. The first-order chi connectivity index (χ1) is 9.79. The molecule has 1 aromatic heterocycles. The van der Waals surface area contributed by atoms with Gasteiger partial charge in [0.1, 0.15) is 6.54 Å². The first kappa shape index (κ1) is 17.8. The molecule has 0 atom stereocenters. The Morgan fingerprint density at radius 3 is 2.57 bits per heavy atom. The van der Waals surface area contributed by atoms with Crippen molar-refractivity contribution in [2.75, 3.05) is 19.6 Å². The fourth-order valence-electron chi connectivity index (χ4n) is 1.38. The lowest BCUT2D eigenvalue weighted by atomic mass is 10.3. The molecule has 1 rings (SSSR count). The smallest absolute Gasteiger partial charge is 0.313 e. The Hall–Kier alpha value is -1.23. The van der Waals surface area contributed by atoms with E-state index in [1.54, 1.807) is 18.5 Å². The van der Waals surface area contributed by atoms with E-state index in [-0.39, 0.29) is 6.54 Å². The van der Waals surface area contributed by atoms with Crippen molar-refractivity contribution >= 4 is 10.2 Å². The molecule has 0 saturated heterocycles. The van der Waals surface area contributed by atoms with Crippen molar-refractivity contribution in [3.8, 4) is 0 Å². The van der Waals surface area contributed by atoms with Gasteiger partial charge in [0.05, 0.1) is 0 Å². The monoisotopic (exact) mass is 326 g/mol. The molecule has 10 heteroatoms. The molecule has 0 aromatic carbocycles. The van der Waals surface area contributed by atoms with Gasteiger partial charge in [-0.25, -0.2) is 4.72 Å². The molecule has 0 saturated carbocycles. The summed E-state index contributed by atoms with van der Waals surface area (Å²) >= 11 is 0. The van der Waals surface area contributed by atoms with Crippen LogP contribution < -0.4 is 14.8 Å². The zero-order valence-corrected chi connectivity index (χ0v) is 12.0. The summed E-state index contributed by atoms with van der Waals surface area (Å²) < 4.78 is 61.4. The van der Waals surface area contributed by atoms with E-state index in [1.165, 1.54) is 4.72 Å². The summed E-state index contributed by atoms with van der Waals surface area (Å²) in [7, 11) is -4.11. The second kappa shape index (κ2) is 8.27. The number of hydrogen-bond donors (Lipinski definition) is 3. The van der Waals surface area contributed by atoms with Gasteiger partial charge in [-0.2, -0.15) is 26.3 Å². The van der Waals surface area contributed by atoms with E-state index in [4.69, 9.17) is 0 Å². The van der Waals surface area contributed by atoms with Gasteiger partial charge in [-0.1, -0.05) is 6.07 Å². The average Bonchev–Trinajstić information content (AvgIpc) is 2.41. The largest absolute Gasteiger partial charge is 0.402 e.